The Hall–Kier alpha value is -2.54. The van der Waals surface area contributed by atoms with Crippen molar-refractivity contribution in [3.63, 3.8) is 0 Å². The van der Waals surface area contributed by atoms with E-state index in [9.17, 15) is 13.6 Å². The van der Waals surface area contributed by atoms with Gasteiger partial charge < -0.3 is 19.5 Å². The van der Waals surface area contributed by atoms with Crippen molar-refractivity contribution in [1.29, 1.82) is 0 Å². The van der Waals surface area contributed by atoms with E-state index >= 15 is 0 Å². The van der Waals surface area contributed by atoms with Crippen molar-refractivity contribution >= 4 is 23.2 Å². The number of halogens is 3. The van der Waals surface area contributed by atoms with Gasteiger partial charge in [-0.3, -0.25) is 4.79 Å². The van der Waals surface area contributed by atoms with Crippen LogP contribution in [0, 0.1) is 6.92 Å². The third-order valence-corrected chi connectivity index (χ3v) is 4.09. The van der Waals surface area contributed by atoms with Crippen LogP contribution in [0.25, 0.3) is 0 Å². The molecule has 0 radical (unpaired) electrons. The first-order valence-corrected chi connectivity index (χ1v) is 8.28. The molecule has 26 heavy (non-hydrogen) atoms. The normalized spacial score (nSPS) is 13.3. The van der Waals surface area contributed by atoms with Gasteiger partial charge in [0, 0.05) is 23.2 Å². The standard InChI is InChI=1S/C18H16ClF2NO4/c1-10-13(4-2-5-14(10)26-18(20)21)22-17(23)11-8-12(19)16-15(9-11)24-6-3-7-25-16/h2,4-5,8-9,18H,3,6-7H2,1H3,(H,22,23). The SMILES string of the molecule is Cc1c(NC(=O)c2cc(Cl)c3c(c2)OCCCO3)cccc1OC(F)F. The summed E-state index contributed by atoms with van der Waals surface area (Å²) >= 11 is 6.19. The Morgan fingerprint density at radius 1 is 1.27 bits per heavy atom. The zero-order valence-corrected chi connectivity index (χ0v) is 14.6. The van der Waals surface area contributed by atoms with Crippen LogP contribution in [0.3, 0.4) is 0 Å². The summed E-state index contributed by atoms with van der Waals surface area (Å²) in [7, 11) is 0. The van der Waals surface area contributed by atoms with Crippen LogP contribution in [-0.2, 0) is 0 Å². The second kappa shape index (κ2) is 7.78. The van der Waals surface area contributed by atoms with Crippen LogP contribution in [0.1, 0.15) is 22.3 Å². The van der Waals surface area contributed by atoms with E-state index in [1.54, 1.807) is 13.0 Å². The molecule has 2 aromatic rings. The maximum atomic E-state index is 12.6. The fraction of sp³-hybridized carbons (Fsp3) is 0.278. The highest BCUT2D eigenvalue weighted by molar-refractivity contribution is 6.32. The highest BCUT2D eigenvalue weighted by Gasteiger charge is 2.19. The Balaban J connectivity index is 1.85. The van der Waals surface area contributed by atoms with Gasteiger partial charge >= 0.3 is 6.61 Å². The average Bonchev–Trinajstić information content (AvgIpc) is 2.84. The van der Waals surface area contributed by atoms with Crippen molar-refractivity contribution in [2.75, 3.05) is 18.5 Å². The molecule has 2 aromatic carbocycles. The molecule has 1 aliphatic heterocycles. The molecule has 8 heteroatoms. The molecule has 3 rings (SSSR count). The minimum absolute atomic E-state index is 0.00510. The summed E-state index contributed by atoms with van der Waals surface area (Å²) in [6.07, 6.45) is 0.711. The number of amides is 1. The lowest BCUT2D eigenvalue weighted by Gasteiger charge is -2.14. The Morgan fingerprint density at radius 3 is 2.81 bits per heavy atom. The molecule has 0 aliphatic carbocycles. The minimum atomic E-state index is -2.94. The van der Waals surface area contributed by atoms with E-state index in [0.29, 0.717) is 42.4 Å². The molecule has 0 saturated carbocycles. The second-order valence-corrected chi connectivity index (χ2v) is 6.00. The summed E-state index contributed by atoms with van der Waals surface area (Å²) in [5, 5.41) is 2.94. The van der Waals surface area contributed by atoms with Crippen molar-refractivity contribution < 1.29 is 27.8 Å². The molecule has 0 fully saturated rings. The smallest absolute Gasteiger partial charge is 0.387 e. The van der Waals surface area contributed by atoms with Gasteiger partial charge in [0.1, 0.15) is 5.75 Å². The molecule has 1 aliphatic rings. The third kappa shape index (κ3) is 3.99. The minimum Gasteiger partial charge on any atom is -0.489 e. The molecule has 0 unspecified atom stereocenters. The molecule has 0 bridgehead atoms. The van der Waals surface area contributed by atoms with Gasteiger partial charge in [-0.1, -0.05) is 17.7 Å². The summed E-state index contributed by atoms with van der Waals surface area (Å²) in [5.74, 6) is 0.338. The zero-order chi connectivity index (χ0) is 18.7. The van der Waals surface area contributed by atoms with Crippen LogP contribution in [-0.4, -0.2) is 25.7 Å². The Bertz CT molecular complexity index is 829. The van der Waals surface area contributed by atoms with Crippen LogP contribution in [0.4, 0.5) is 14.5 Å². The molecular formula is C18H16ClF2NO4. The lowest BCUT2D eigenvalue weighted by molar-refractivity contribution is -0.0502. The Morgan fingerprint density at radius 2 is 2.04 bits per heavy atom. The summed E-state index contributed by atoms with van der Waals surface area (Å²) in [6.45, 7) is -0.427. The van der Waals surface area contributed by atoms with Crippen molar-refractivity contribution in [3.05, 3.63) is 46.5 Å². The molecule has 0 spiro atoms. The van der Waals surface area contributed by atoms with E-state index in [1.165, 1.54) is 24.3 Å². The number of rotatable bonds is 4. The van der Waals surface area contributed by atoms with Crippen molar-refractivity contribution in [3.8, 4) is 17.2 Å². The highest BCUT2D eigenvalue weighted by atomic mass is 35.5. The monoisotopic (exact) mass is 383 g/mol. The second-order valence-electron chi connectivity index (χ2n) is 5.60. The molecule has 1 amide bonds. The first kappa shape index (κ1) is 18.3. The molecule has 1 heterocycles. The summed E-state index contributed by atoms with van der Waals surface area (Å²) in [4.78, 5) is 12.6. The number of nitrogens with one attached hydrogen (secondary N) is 1. The number of hydrogen-bond acceptors (Lipinski definition) is 4. The van der Waals surface area contributed by atoms with E-state index in [2.05, 4.69) is 10.1 Å². The molecule has 0 aromatic heterocycles. The first-order valence-electron chi connectivity index (χ1n) is 7.90. The maximum absolute atomic E-state index is 12.6. The predicted molar refractivity (Wildman–Crippen MR) is 92.8 cm³/mol. The summed E-state index contributed by atoms with van der Waals surface area (Å²) in [6, 6.07) is 7.52. The number of fused-ring (bicyclic) bond motifs is 1. The van der Waals surface area contributed by atoms with E-state index in [1.807, 2.05) is 0 Å². The van der Waals surface area contributed by atoms with Gasteiger partial charge in [-0.15, -0.1) is 0 Å². The number of hydrogen-bond donors (Lipinski definition) is 1. The van der Waals surface area contributed by atoms with Crippen LogP contribution >= 0.6 is 11.6 Å². The number of carbonyl (C=O) groups is 1. The van der Waals surface area contributed by atoms with Crippen molar-refractivity contribution in [1.82, 2.24) is 0 Å². The van der Waals surface area contributed by atoms with Gasteiger partial charge in [-0.25, -0.2) is 0 Å². The van der Waals surface area contributed by atoms with Gasteiger partial charge in [0.25, 0.3) is 5.91 Å². The molecule has 0 saturated heterocycles. The number of carbonyl (C=O) groups excluding carboxylic acids is 1. The van der Waals surface area contributed by atoms with E-state index in [-0.39, 0.29) is 16.3 Å². The lowest BCUT2D eigenvalue weighted by Crippen LogP contribution is -2.14. The molecule has 1 N–H and O–H groups in total. The zero-order valence-electron chi connectivity index (χ0n) is 13.9. The number of benzene rings is 2. The fourth-order valence-electron chi connectivity index (χ4n) is 2.53. The molecule has 138 valence electrons. The Kier molecular flexibility index (Phi) is 5.46. The van der Waals surface area contributed by atoms with Crippen LogP contribution in [0.2, 0.25) is 5.02 Å². The first-order chi connectivity index (χ1) is 12.5. The largest absolute Gasteiger partial charge is 0.489 e. The van der Waals surface area contributed by atoms with Gasteiger partial charge in [-0.2, -0.15) is 8.78 Å². The van der Waals surface area contributed by atoms with Gasteiger partial charge in [0.05, 0.1) is 18.2 Å². The fourth-order valence-corrected chi connectivity index (χ4v) is 2.80. The number of alkyl halides is 2. The van der Waals surface area contributed by atoms with Crippen molar-refractivity contribution in [2.24, 2.45) is 0 Å². The van der Waals surface area contributed by atoms with Gasteiger partial charge in [0.2, 0.25) is 0 Å². The highest BCUT2D eigenvalue weighted by Crippen LogP contribution is 2.38. The number of ether oxygens (including phenoxy) is 3. The van der Waals surface area contributed by atoms with Crippen molar-refractivity contribution in [2.45, 2.75) is 20.0 Å². The summed E-state index contributed by atoms with van der Waals surface area (Å²) in [5.41, 5.74) is 1.01. The van der Waals surface area contributed by atoms with E-state index in [0.717, 1.165) is 0 Å². The molecular weight excluding hydrogens is 368 g/mol. The Labute approximate surface area is 153 Å². The average molecular weight is 384 g/mol. The van der Waals surface area contributed by atoms with E-state index in [4.69, 9.17) is 21.1 Å². The molecule has 0 atom stereocenters. The van der Waals surface area contributed by atoms with Gasteiger partial charge in [0.15, 0.2) is 11.5 Å². The quantitative estimate of drug-likeness (QED) is 0.834. The van der Waals surface area contributed by atoms with Crippen LogP contribution < -0.4 is 19.5 Å². The summed E-state index contributed by atoms with van der Waals surface area (Å²) < 4.78 is 40.4. The van der Waals surface area contributed by atoms with Gasteiger partial charge in [-0.05, 0) is 31.2 Å². The lowest BCUT2D eigenvalue weighted by atomic mass is 10.1. The topological polar surface area (TPSA) is 56.8 Å². The molecule has 5 nitrogen and oxygen atoms in total. The third-order valence-electron chi connectivity index (χ3n) is 3.81. The van der Waals surface area contributed by atoms with Crippen LogP contribution in [0.15, 0.2) is 30.3 Å². The maximum Gasteiger partial charge on any atom is 0.387 e. The number of anilines is 1. The van der Waals surface area contributed by atoms with Crippen LogP contribution in [0.5, 0.6) is 17.2 Å². The van der Waals surface area contributed by atoms with E-state index < -0.39 is 12.5 Å². The predicted octanol–water partition coefficient (Wildman–Crippen LogP) is 4.66.